The van der Waals surface area contributed by atoms with Crippen molar-refractivity contribution in [2.45, 2.75) is 6.36 Å². The first-order valence-corrected chi connectivity index (χ1v) is 3.95. The average molecular weight is 249 g/mol. The molecule has 78 valence electrons. The molecule has 0 aliphatic carbocycles. The van der Waals surface area contributed by atoms with Crippen LogP contribution in [-0.2, 0) is 0 Å². The van der Waals surface area contributed by atoms with Crippen molar-refractivity contribution < 1.29 is 22.3 Å². The SMILES string of the molecule is Fc1c(Cl)cc(Cl)cc1OC(F)(F)F. The van der Waals surface area contributed by atoms with Gasteiger partial charge >= 0.3 is 6.36 Å². The summed E-state index contributed by atoms with van der Waals surface area (Å²) in [5.41, 5.74) is 0. The minimum Gasteiger partial charge on any atom is -0.403 e. The molecule has 0 atom stereocenters. The number of halogens is 6. The van der Waals surface area contributed by atoms with Gasteiger partial charge in [-0.25, -0.2) is 4.39 Å². The second-order valence-electron chi connectivity index (χ2n) is 2.25. The Balaban J connectivity index is 3.09. The van der Waals surface area contributed by atoms with Crippen LogP contribution < -0.4 is 4.74 Å². The van der Waals surface area contributed by atoms with Crippen molar-refractivity contribution in [1.82, 2.24) is 0 Å². The molecule has 0 heterocycles. The molecule has 0 fully saturated rings. The smallest absolute Gasteiger partial charge is 0.403 e. The van der Waals surface area contributed by atoms with Crippen LogP contribution >= 0.6 is 23.2 Å². The summed E-state index contributed by atoms with van der Waals surface area (Å²) >= 11 is 10.6. The van der Waals surface area contributed by atoms with E-state index in [0.29, 0.717) is 6.07 Å². The lowest BCUT2D eigenvalue weighted by Gasteiger charge is -2.10. The number of hydrogen-bond acceptors (Lipinski definition) is 1. The molecule has 0 unspecified atom stereocenters. The maximum absolute atomic E-state index is 12.9. The highest BCUT2D eigenvalue weighted by Gasteiger charge is 2.33. The molecule has 0 N–H and O–H groups in total. The largest absolute Gasteiger partial charge is 0.573 e. The molecule has 0 radical (unpaired) electrons. The highest BCUT2D eigenvalue weighted by Crippen LogP contribution is 2.32. The van der Waals surface area contributed by atoms with E-state index in [-0.39, 0.29) is 5.02 Å². The lowest BCUT2D eigenvalue weighted by atomic mass is 10.3. The molecular formula is C7H2Cl2F4O. The molecular weight excluding hydrogens is 247 g/mol. The van der Waals surface area contributed by atoms with Gasteiger partial charge in [-0.1, -0.05) is 23.2 Å². The van der Waals surface area contributed by atoms with Crippen molar-refractivity contribution in [2.75, 3.05) is 0 Å². The Hall–Kier alpha value is -0.680. The highest BCUT2D eigenvalue weighted by atomic mass is 35.5. The average Bonchev–Trinajstić information content (AvgIpc) is 1.96. The van der Waals surface area contributed by atoms with Gasteiger partial charge in [0.15, 0.2) is 11.6 Å². The Bertz CT molecular complexity index is 350. The van der Waals surface area contributed by atoms with E-state index in [9.17, 15) is 17.6 Å². The van der Waals surface area contributed by atoms with Crippen LogP contribution in [0.1, 0.15) is 0 Å². The van der Waals surface area contributed by atoms with E-state index in [2.05, 4.69) is 4.74 Å². The fourth-order valence-corrected chi connectivity index (χ4v) is 1.21. The molecule has 0 saturated heterocycles. The van der Waals surface area contributed by atoms with Gasteiger partial charge in [-0.15, -0.1) is 13.2 Å². The van der Waals surface area contributed by atoms with Gasteiger partial charge < -0.3 is 4.74 Å². The molecule has 7 heteroatoms. The monoisotopic (exact) mass is 248 g/mol. The van der Waals surface area contributed by atoms with Crippen LogP contribution in [0.25, 0.3) is 0 Å². The van der Waals surface area contributed by atoms with Crippen molar-refractivity contribution in [2.24, 2.45) is 0 Å². The Morgan fingerprint density at radius 1 is 1.14 bits per heavy atom. The van der Waals surface area contributed by atoms with Crippen LogP contribution in [0.5, 0.6) is 5.75 Å². The summed E-state index contributed by atoms with van der Waals surface area (Å²) in [6, 6.07) is 1.66. The first-order valence-electron chi connectivity index (χ1n) is 3.20. The third-order valence-electron chi connectivity index (χ3n) is 1.19. The molecule has 1 aromatic carbocycles. The number of ether oxygens (including phenoxy) is 1. The number of alkyl halides is 3. The van der Waals surface area contributed by atoms with Crippen LogP contribution in [-0.4, -0.2) is 6.36 Å². The topological polar surface area (TPSA) is 9.23 Å². The van der Waals surface area contributed by atoms with E-state index in [1.54, 1.807) is 0 Å². The highest BCUT2D eigenvalue weighted by molar-refractivity contribution is 6.34. The molecule has 0 spiro atoms. The van der Waals surface area contributed by atoms with Gasteiger partial charge in [0.2, 0.25) is 0 Å². The maximum Gasteiger partial charge on any atom is 0.573 e. The van der Waals surface area contributed by atoms with Crippen LogP contribution in [0.15, 0.2) is 12.1 Å². The summed E-state index contributed by atoms with van der Waals surface area (Å²) in [6.07, 6.45) is -4.98. The second kappa shape index (κ2) is 3.82. The first-order chi connectivity index (χ1) is 6.29. The molecule has 14 heavy (non-hydrogen) atoms. The summed E-state index contributed by atoms with van der Waals surface area (Å²) in [6.45, 7) is 0. The minimum atomic E-state index is -4.98. The number of benzene rings is 1. The second-order valence-corrected chi connectivity index (χ2v) is 3.09. The zero-order valence-electron chi connectivity index (χ0n) is 6.33. The van der Waals surface area contributed by atoms with Crippen LogP contribution in [0.2, 0.25) is 10.0 Å². The van der Waals surface area contributed by atoms with Crippen molar-refractivity contribution >= 4 is 23.2 Å². The molecule has 1 nitrogen and oxygen atoms in total. The fraction of sp³-hybridized carbons (Fsp3) is 0.143. The lowest BCUT2D eigenvalue weighted by Crippen LogP contribution is -2.18. The molecule has 0 bridgehead atoms. The lowest BCUT2D eigenvalue weighted by molar-refractivity contribution is -0.275. The normalized spacial score (nSPS) is 11.6. The zero-order chi connectivity index (χ0) is 10.9. The van der Waals surface area contributed by atoms with Crippen LogP contribution in [0.4, 0.5) is 17.6 Å². The number of hydrogen-bond donors (Lipinski definition) is 0. The number of rotatable bonds is 1. The van der Waals surface area contributed by atoms with E-state index in [1.165, 1.54) is 0 Å². The molecule has 0 aliphatic heterocycles. The predicted molar refractivity (Wildman–Crippen MR) is 43.1 cm³/mol. The quantitative estimate of drug-likeness (QED) is 0.539. The standard InChI is InChI=1S/C7H2Cl2F4O/c8-3-1-4(9)6(10)5(2-3)14-7(11,12)13/h1-2H. The maximum atomic E-state index is 12.9. The van der Waals surface area contributed by atoms with Gasteiger partial charge in [0.05, 0.1) is 5.02 Å². The minimum absolute atomic E-state index is 0.143. The summed E-state index contributed by atoms with van der Waals surface area (Å²) < 4.78 is 51.4. The third-order valence-corrected chi connectivity index (χ3v) is 1.68. The zero-order valence-corrected chi connectivity index (χ0v) is 7.84. The molecule has 1 rings (SSSR count). The summed E-state index contributed by atoms with van der Waals surface area (Å²) in [7, 11) is 0. The van der Waals surface area contributed by atoms with E-state index >= 15 is 0 Å². The van der Waals surface area contributed by atoms with Gasteiger partial charge in [0.25, 0.3) is 0 Å². The summed E-state index contributed by atoms with van der Waals surface area (Å²) in [5.74, 6) is -2.34. The van der Waals surface area contributed by atoms with E-state index in [0.717, 1.165) is 6.07 Å². The van der Waals surface area contributed by atoms with E-state index in [4.69, 9.17) is 23.2 Å². The first kappa shape index (κ1) is 11.4. The van der Waals surface area contributed by atoms with E-state index in [1.807, 2.05) is 0 Å². The predicted octanol–water partition coefficient (Wildman–Crippen LogP) is 4.03. The Labute approximate surface area is 86.2 Å². The molecule has 0 aromatic heterocycles. The van der Waals surface area contributed by atoms with Crippen molar-refractivity contribution in [3.63, 3.8) is 0 Å². The Kier molecular flexibility index (Phi) is 3.11. The van der Waals surface area contributed by atoms with Gasteiger partial charge in [-0.2, -0.15) is 0 Å². The molecule has 0 amide bonds. The van der Waals surface area contributed by atoms with Crippen molar-refractivity contribution in [1.29, 1.82) is 0 Å². The van der Waals surface area contributed by atoms with Gasteiger partial charge in [0, 0.05) is 11.1 Å². The van der Waals surface area contributed by atoms with Crippen LogP contribution in [0.3, 0.4) is 0 Å². The summed E-state index contributed by atoms with van der Waals surface area (Å²) in [4.78, 5) is 0. The van der Waals surface area contributed by atoms with Gasteiger partial charge in [0.1, 0.15) is 0 Å². The van der Waals surface area contributed by atoms with Crippen molar-refractivity contribution in [3.05, 3.63) is 28.0 Å². The fourth-order valence-electron chi connectivity index (χ4n) is 0.731. The van der Waals surface area contributed by atoms with Crippen LogP contribution in [0, 0.1) is 5.82 Å². The van der Waals surface area contributed by atoms with E-state index < -0.39 is 23.0 Å². The Morgan fingerprint density at radius 2 is 1.71 bits per heavy atom. The molecule has 0 saturated carbocycles. The summed E-state index contributed by atoms with van der Waals surface area (Å²) in [5, 5.41) is -0.674. The van der Waals surface area contributed by atoms with Gasteiger partial charge in [-0.3, -0.25) is 0 Å². The Morgan fingerprint density at radius 3 is 2.21 bits per heavy atom. The third kappa shape index (κ3) is 2.92. The van der Waals surface area contributed by atoms with Gasteiger partial charge in [-0.05, 0) is 6.07 Å². The molecule has 1 aromatic rings. The molecule has 0 aliphatic rings. The van der Waals surface area contributed by atoms with Crippen molar-refractivity contribution in [3.8, 4) is 5.75 Å².